The normalized spacial score (nSPS) is 42.6. The molecule has 16 heavy (non-hydrogen) atoms. The molecule has 2 aliphatic carbocycles. The number of aliphatic hydroxyl groups is 1. The van der Waals surface area contributed by atoms with E-state index in [2.05, 4.69) is 20.8 Å². The quantitative estimate of drug-likeness (QED) is 0.798. The number of hydrogen-bond acceptors (Lipinski definition) is 2. The molecule has 0 saturated heterocycles. The molecular formula is C14H26O2. The summed E-state index contributed by atoms with van der Waals surface area (Å²) in [5.41, 5.74) is 0.785. The highest BCUT2D eigenvalue weighted by atomic mass is 16.5. The van der Waals surface area contributed by atoms with Gasteiger partial charge in [0.2, 0.25) is 0 Å². The molecule has 4 unspecified atom stereocenters. The third-order valence-electron chi connectivity index (χ3n) is 5.61. The minimum absolute atomic E-state index is 0.232. The maximum absolute atomic E-state index is 9.03. The SMILES string of the molecule is CC(CO)COC1CC2CCC1(C)C2(C)C. The molecule has 0 aliphatic heterocycles. The Balaban J connectivity index is 1.99. The summed E-state index contributed by atoms with van der Waals surface area (Å²) in [5.74, 6) is 1.11. The number of ether oxygens (including phenoxy) is 1. The zero-order chi connectivity index (χ0) is 12.0. The van der Waals surface area contributed by atoms with Gasteiger partial charge in [0.25, 0.3) is 0 Å². The van der Waals surface area contributed by atoms with Crippen LogP contribution in [0.15, 0.2) is 0 Å². The van der Waals surface area contributed by atoms with E-state index in [0.29, 0.717) is 23.5 Å². The Kier molecular flexibility index (Phi) is 3.09. The second-order valence-corrected chi connectivity index (χ2v) is 6.72. The summed E-state index contributed by atoms with van der Waals surface area (Å²) in [6.45, 7) is 10.2. The summed E-state index contributed by atoms with van der Waals surface area (Å²) in [4.78, 5) is 0. The van der Waals surface area contributed by atoms with Gasteiger partial charge in [0, 0.05) is 12.5 Å². The number of fused-ring (bicyclic) bond motifs is 2. The van der Waals surface area contributed by atoms with Crippen LogP contribution in [-0.2, 0) is 4.74 Å². The van der Waals surface area contributed by atoms with Crippen LogP contribution < -0.4 is 0 Å². The van der Waals surface area contributed by atoms with Crippen LogP contribution in [0.5, 0.6) is 0 Å². The predicted molar refractivity (Wildman–Crippen MR) is 65.2 cm³/mol. The van der Waals surface area contributed by atoms with E-state index >= 15 is 0 Å². The van der Waals surface area contributed by atoms with Crippen LogP contribution >= 0.6 is 0 Å². The fraction of sp³-hybridized carbons (Fsp3) is 1.00. The van der Waals surface area contributed by atoms with Crippen molar-refractivity contribution in [1.29, 1.82) is 0 Å². The van der Waals surface area contributed by atoms with E-state index in [4.69, 9.17) is 9.84 Å². The first-order valence-corrected chi connectivity index (χ1v) is 6.64. The average molecular weight is 226 g/mol. The summed E-state index contributed by atoms with van der Waals surface area (Å²) in [5, 5.41) is 9.03. The van der Waals surface area contributed by atoms with Crippen LogP contribution in [0.3, 0.4) is 0 Å². The lowest BCUT2D eigenvalue weighted by molar-refractivity contribution is -0.0614. The molecule has 2 rings (SSSR count). The van der Waals surface area contributed by atoms with Gasteiger partial charge in [-0.15, -0.1) is 0 Å². The standard InChI is InChI=1S/C14H26O2/c1-10(8-15)9-16-12-7-11-5-6-14(12,4)13(11,2)3/h10-12,15H,5-9H2,1-4H3. The first-order valence-electron chi connectivity index (χ1n) is 6.64. The molecule has 2 bridgehead atoms. The smallest absolute Gasteiger partial charge is 0.0636 e. The van der Waals surface area contributed by atoms with Crippen LogP contribution in [0, 0.1) is 22.7 Å². The van der Waals surface area contributed by atoms with Crippen LogP contribution in [0.4, 0.5) is 0 Å². The first-order chi connectivity index (χ1) is 7.41. The lowest BCUT2D eigenvalue weighted by Gasteiger charge is -2.39. The van der Waals surface area contributed by atoms with Gasteiger partial charge in [0.1, 0.15) is 0 Å². The predicted octanol–water partition coefficient (Wildman–Crippen LogP) is 2.85. The Morgan fingerprint density at radius 3 is 2.50 bits per heavy atom. The van der Waals surface area contributed by atoms with Crippen LogP contribution in [0.1, 0.15) is 47.0 Å². The Labute approximate surface area is 99.4 Å². The summed E-state index contributed by atoms with van der Waals surface area (Å²) in [6.07, 6.45) is 4.32. The summed E-state index contributed by atoms with van der Waals surface area (Å²) < 4.78 is 6.07. The molecule has 0 aromatic carbocycles. The molecule has 0 spiro atoms. The van der Waals surface area contributed by atoms with E-state index in [1.165, 1.54) is 19.3 Å². The Bertz CT molecular complexity index is 261. The van der Waals surface area contributed by atoms with Gasteiger partial charge < -0.3 is 9.84 Å². The topological polar surface area (TPSA) is 29.5 Å². The molecule has 0 radical (unpaired) electrons. The highest BCUT2D eigenvalue weighted by Gasteiger charge is 2.61. The number of aliphatic hydroxyl groups excluding tert-OH is 1. The summed E-state index contributed by atoms with van der Waals surface area (Å²) in [7, 11) is 0. The van der Waals surface area contributed by atoms with Crippen LogP contribution in [-0.4, -0.2) is 24.4 Å². The van der Waals surface area contributed by atoms with Gasteiger partial charge in [0.05, 0.1) is 12.7 Å². The summed E-state index contributed by atoms with van der Waals surface area (Å²) in [6, 6.07) is 0. The molecule has 94 valence electrons. The molecule has 4 atom stereocenters. The molecule has 0 amide bonds. The van der Waals surface area contributed by atoms with Gasteiger partial charge in [-0.2, -0.15) is 0 Å². The fourth-order valence-electron chi connectivity index (χ4n) is 3.72. The minimum atomic E-state index is 0.232. The molecule has 0 aromatic rings. The van der Waals surface area contributed by atoms with Crippen molar-refractivity contribution >= 4 is 0 Å². The first kappa shape index (κ1) is 12.4. The van der Waals surface area contributed by atoms with Gasteiger partial charge in [-0.05, 0) is 36.0 Å². The van der Waals surface area contributed by atoms with Crippen molar-refractivity contribution in [2.45, 2.75) is 53.1 Å². The van der Waals surface area contributed by atoms with Crippen molar-refractivity contribution in [1.82, 2.24) is 0 Å². The minimum Gasteiger partial charge on any atom is -0.396 e. The molecule has 1 N–H and O–H groups in total. The van der Waals surface area contributed by atoms with E-state index in [1.54, 1.807) is 0 Å². The monoisotopic (exact) mass is 226 g/mol. The van der Waals surface area contributed by atoms with Crippen molar-refractivity contribution in [2.24, 2.45) is 22.7 Å². The molecule has 2 nitrogen and oxygen atoms in total. The van der Waals surface area contributed by atoms with E-state index < -0.39 is 0 Å². The van der Waals surface area contributed by atoms with Crippen molar-refractivity contribution < 1.29 is 9.84 Å². The molecule has 0 heterocycles. The zero-order valence-corrected chi connectivity index (χ0v) is 11.1. The average Bonchev–Trinajstić information content (AvgIpc) is 2.58. The molecule has 2 saturated carbocycles. The fourth-order valence-corrected chi connectivity index (χ4v) is 3.72. The van der Waals surface area contributed by atoms with Gasteiger partial charge in [-0.3, -0.25) is 0 Å². The van der Waals surface area contributed by atoms with Crippen molar-refractivity contribution in [3.8, 4) is 0 Å². The third-order valence-corrected chi connectivity index (χ3v) is 5.61. The highest BCUT2D eigenvalue weighted by Crippen LogP contribution is 2.66. The van der Waals surface area contributed by atoms with Crippen LogP contribution in [0.2, 0.25) is 0 Å². The highest BCUT2D eigenvalue weighted by molar-refractivity contribution is 5.11. The lowest BCUT2D eigenvalue weighted by atomic mass is 9.70. The molecule has 2 aliphatic rings. The maximum atomic E-state index is 9.03. The third kappa shape index (κ3) is 1.62. The number of rotatable bonds is 4. The Hall–Kier alpha value is -0.0800. The van der Waals surface area contributed by atoms with Crippen molar-refractivity contribution in [2.75, 3.05) is 13.2 Å². The largest absolute Gasteiger partial charge is 0.396 e. The summed E-state index contributed by atoms with van der Waals surface area (Å²) >= 11 is 0. The zero-order valence-electron chi connectivity index (χ0n) is 11.1. The van der Waals surface area contributed by atoms with Crippen molar-refractivity contribution in [3.63, 3.8) is 0 Å². The van der Waals surface area contributed by atoms with Gasteiger partial charge in [0.15, 0.2) is 0 Å². The van der Waals surface area contributed by atoms with E-state index in [1.807, 2.05) is 6.92 Å². The van der Waals surface area contributed by atoms with Crippen molar-refractivity contribution in [3.05, 3.63) is 0 Å². The van der Waals surface area contributed by atoms with Gasteiger partial charge >= 0.3 is 0 Å². The molecule has 2 fully saturated rings. The molecule has 2 heteroatoms. The second-order valence-electron chi connectivity index (χ2n) is 6.72. The van der Waals surface area contributed by atoms with Gasteiger partial charge in [-0.25, -0.2) is 0 Å². The van der Waals surface area contributed by atoms with E-state index in [9.17, 15) is 0 Å². The van der Waals surface area contributed by atoms with Gasteiger partial charge in [-0.1, -0.05) is 27.7 Å². The maximum Gasteiger partial charge on any atom is 0.0636 e. The lowest BCUT2D eigenvalue weighted by Crippen LogP contribution is -2.38. The van der Waals surface area contributed by atoms with E-state index in [0.717, 1.165) is 5.92 Å². The Morgan fingerprint density at radius 1 is 1.38 bits per heavy atom. The second kappa shape index (κ2) is 3.99. The van der Waals surface area contributed by atoms with E-state index in [-0.39, 0.29) is 12.5 Å². The molecule has 0 aromatic heterocycles. The number of hydrogen-bond donors (Lipinski definition) is 1. The Morgan fingerprint density at radius 2 is 2.06 bits per heavy atom. The molecular weight excluding hydrogens is 200 g/mol. The van der Waals surface area contributed by atoms with Crippen LogP contribution in [0.25, 0.3) is 0 Å².